The summed E-state index contributed by atoms with van der Waals surface area (Å²) in [5.41, 5.74) is 5.34. The van der Waals surface area contributed by atoms with Crippen LogP contribution >= 0.6 is 0 Å². The van der Waals surface area contributed by atoms with Crippen molar-refractivity contribution >= 4 is 41.6 Å². The van der Waals surface area contributed by atoms with Gasteiger partial charge in [0.05, 0.1) is 18.9 Å². The van der Waals surface area contributed by atoms with E-state index in [0.29, 0.717) is 0 Å². The Balaban J connectivity index is 5.33. The monoisotopic (exact) mass is 434 g/mol. The van der Waals surface area contributed by atoms with Gasteiger partial charge in [0.2, 0.25) is 17.7 Å². The molecule has 0 radical (unpaired) electrons. The lowest BCUT2D eigenvalue weighted by atomic mass is 10.1. The van der Waals surface area contributed by atoms with Gasteiger partial charge in [-0.3, -0.25) is 33.6 Å². The van der Waals surface area contributed by atoms with E-state index in [-0.39, 0.29) is 0 Å². The minimum Gasteiger partial charge on any atom is -0.481 e. The molecule has 0 aromatic rings. The minimum absolute atomic E-state index is 0.460. The van der Waals surface area contributed by atoms with Crippen molar-refractivity contribution in [1.82, 2.24) is 16.0 Å². The third-order valence-corrected chi connectivity index (χ3v) is 3.44. The van der Waals surface area contributed by atoms with Crippen molar-refractivity contribution in [2.75, 3.05) is 6.54 Å². The van der Waals surface area contributed by atoms with Crippen LogP contribution in [-0.2, 0) is 33.6 Å². The van der Waals surface area contributed by atoms with E-state index in [0.717, 1.165) is 0 Å². The zero-order chi connectivity index (χ0) is 23.4. The van der Waals surface area contributed by atoms with Crippen LogP contribution < -0.4 is 21.7 Å². The summed E-state index contributed by atoms with van der Waals surface area (Å²) in [5, 5.41) is 40.8. The molecule has 0 aromatic carbocycles. The second kappa shape index (κ2) is 12.7. The highest BCUT2D eigenvalue weighted by Crippen LogP contribution is 2.02. The maximum absolute atomic E-state index is 12.4. The number of amides is 3. The standard InChI is InChI=1S/C15H22N4O11/c16-6(3-10(22)23)13(28)19-8(4-11(24)25)15(30)18-7(1-2-9(20)21)14(29)17-5-12(26)27/h6-8H,1-5,16H2,(H,17,29)(H,18,30)(H,19,28)(H,20,21)(H,22,23)(H,24,25)(H,26,27). The van der Waals surface area contributed by atoms with Gasteiger partial charge >= 0.3 is 23.9 Å². The van der Waals surface area contributed by atoms with Gasteiger partial charge in [-0.1, -0.05) is 0 Å². The van der Waals surface area contributed by atoms with Crippen molar-refractivity contribution in [3.8, 4) is 0 Å². The largest absolute Gasteiger partial charge is 0.481 e. The van der Waals surface area contributed by atoms with Crippen LogP contribution in [0.15, 0.2) is 0 Å². The molecule has 3 atom stereocenters. The highest BCUT2D eigenvalue weighted by molar-refractivity contribution is 5.96. The first-order valence-corrected chi connectivity index (χ1v) is 8.34. The van der Waals surface area contributed by atoms with Crippen LogP contribution in [0.3, 0.4) is 0 Å². The summed E-state index contributed by atoms with van der Waals surface area (Å²) in [6, 6.07) is -4.91. The van der Waals surface area contributed by atoms with E-state index in [4.69, 9.17) is 26.2 Å². The molecule has 0 spiro atoms. The summed E-state index contributed by atoms with van der Waals surface area (Å²) in [5.74, 6) is -9.06. The smallest absolute Gasteiger partial charge is 0.322 e. The molecule has 30 heavy (non-hydrogen) atoms. The van der Waals surface area contributed by atoms with E-state index in [1.165, 1.54) is 0 Å². The number of aliphatic carboxylic acids is 4. The molecule has 0 aliphatic heterocycles. The van der Waals surface area contributed by atoms with Gasteiger partial charge in [-0.2, -0.15) is 0 Å². The first kappa shape index (κ1) is 26.2. The number of nitrogens with two attached hydrogens (primary N) is 1. The number of hydrogen-bond donors (Lipinski definition) is 8. The van der Waals surface area contributed by atoms with Crippen molar-refractivity contribution in [3.05, 3.63) is 0 Å². The summed E-state index contributed by atoms with van der Waals surface area (Å²) in [4.78, 5) is 79.1. The van der Waals surface area contributed by atoms with E-state index in [2.05, 4.69) is 0 Å². The number of carbonyl (C=O) groups excluding carboxylic acids is 3. The van der Waals surface area contributed by atoms with Gasteiger partial charge < -0.3 is 42.1 Å². The van der Waals surface area contributed by atoms with Crippen LogP contribution in [0, 0.1) is 0 Å². The molecule has 0 aliphatic carbocycles. The topological polar surface area (TPSA) is 263 Å². The Hall–Kier alpha value is -3.75. The molecule has 0 heterocycles. The Morgan fingerprint density at radius 1 is 0.667 bits per heavy atom. The van der Waals surface area contributed by atoms with E-state index in [1.54, 1.807) is 0 Å². The fourth-order valence-corrected chi connectivity index (χ4v) is 2.04. The van der Waals surface area contributed by atoms with E-state index in [9.17, 15) is 33.6 Å². The Kier molecular flexibility index (Phi) is 11.1. The zero-order valence-corrected chi connectivity index (χ0v) is 15.5. The fourth-order valence-electron chi connectivity index (χ4n) is 2.04. The summed E-state index contributed by atoms with van der Waals surface area (Å²) in [6.07, 6.45) is -2.81. The van der Waals surface area contributed by atoms with Gasteiger partial charge in [0.1, 0.15) is 18.6 Å². The van der Waals surface area contributed by atoms with E-state index < -0.39 is 92.0 Å². The van der Waals surface area contributed by atoms with Crippen LogP contribution in [-0.4, -0.2) is 86.7 Å². The molecule has 0 aromatic heterocycles. The molecule has 9 N–H and O–H groups in total. The summed E-state index contributed by atoms with van der Waals surface area (Å²) in [6.45, 7) is -0.822. The first-order valence-electron chi connectivity index (χ1n) is 8.34. The molecule has 0 aliphatic rings. The number of rotatable bonds is 14. The summed E-state index contributed by atoms with van der Waals surface area (Å²) in [7, 11) is 0. The lowest BCUT2D eigenvalue weighted by molar-refractivity contribution is -0.143. The first-order chi connectivity index (χ1) is 13.8. The molecular formula is C15H22N4O11. The number of carbonyl (C=O) groups is 7. The van der Waals surface area contributed by atoms with Crippen molar-refractivity contribution in [1.29, 1.82) is 0 Å². The third kappa shape index (κ3) is 11.2. The van der Waals surface area contributed by atoms with Crippen LogP contribution in [0.25, 0.3) is 0 Å². The predicted molar refractivity (Wildman–Crippen MR) is 93.9 cm³/mol. The molecule has 15 heteroatoms. The Morgan fingerprint density at radius 3 is 1.67 bits per heavy atom. The lowest BCUT2D eigenvalue weighted by Gasteiger charge is -2.22. The minimum atomic E-state index is -1.77. The lowest BCUT2D eigenvalue weighted by Crippen LogP contribution is -2.56. The molecule has 15 nitrogen and oxygen atoms in total. The Morgan fingerprint density at radius 2 is 1.20 bits per heavy atom. The highest BCUT2D eigenvalue weighted by atomic mass is 16.4. The Bertz CT molecular complexity index is 709. The zero-order valence-electron chi connectivity index (χ0n) is 15.5. The van der Waals surface area contributed by atoms with Gasteiger partial charge in [0.15, 0.2) is 0 Å². The van der Waals surface area contributed by atoms with Crippen LogP contribution in [0.5, 0.6) is 0 Å². The molecule has 3 unspecified atom stereocenters. The van der Waals surface area contributed by atoms with Gasteiger partial charge in [-0.05, 0) is 6.42 Å². The highest BCUT2D eigenvalue weighted by Gasteiger charge is 2.30. The van der Waals surface area contributed by atoms with Gasteiger partial charge in [-0.15, -0.1) is 0 Å². The van der Waals surface area contributed by atoms with Crippen LogP contribution in [0.4, 0.5) is 0 Å². The molecule has 0 bridgehead atoms. The fraction of sp³-hybridized carbons (Fsp3) is 0.533. The van der Waals surface area contributed by atoms with E-state index in [1.807, 2.05) is 16.0 Å². The van der Waals surface area contributed by atoms with Crippen molar-refractivity contribution in [2.24, 2.45) is 5.73 Å². The van der Waals surface area contributed by atoms with Crippen LogP contribution in [0.2, 0.25) is 0 Å². The van der Waals surface area contributed by atoms with Crippen molar-refractivity contribution < 1.29 is 54.0 Å². The second-order valence-electron chi connectivity index (χ2n) is 5.97. The number of hydrogen-bond acceptors (Lipinski definition) is 8. The van der Waals surface area contributed by atoms with Gasteiger partial charge in [0.25, 0.3) is 0 Å². The molecular weight excluding hydrogens is 412 g/mol. The molecule has 0 rings (SSSR count). The van der Waals surface area contributed by atoms with Crippen LogP contribution in [0.1, 0.15) is 25.7 Å². The maximum atomic E-state index is 12.4. The number of carboxylic acids is 4. The molecule has 0 fully saturated rings. The average Bonchev–Trinajstić information content (AvgIpc) is 2.60. The Labute approximate surface area is 168 Å². The molecule has 0 saturated carbocycles. The third-order valence-electron chi connectivity index (χ3n) is 3.44. The second-order valence-corrected chi connectivity index (χ2v) is 5.97. The van der Waals surface area contributed by atoms with Gasteiger partial charge in [-0.25, -0.2) is 0 Å². The maximum Gasteiger partial charge on any atom is 0.322 e. The molecule has 0 saturated heterocycles. The number of carboxylic acid groups (broad SMARTS) is 4. The van der Waals surface area contributed by atoms with E-state index >= 15 is 0 Å². The van der Waals surface area contributed by atoms with Crippen molar-refractivity contribution in [3.63, 3.8) is 0 Å². The predicted octanol–water partition coefficient (Wildman–Crippen LogP) is -3.70. The molecule has 168 valence electrons. The van der Waals surface area contributed by atoms with Gasteiger partial charge in [0, 0.05) is 6.42 Å². The summed E-state index contributed by atoms with van der Waals surface area (Å²) >= 11 is 0. The van der Waals surface area contributed by atoms with Crippen molar-refractivity contribution in [2.45, 2.75) is 43.8 Å². The number of nitrogens with one attached hydrogen (secondary N) is 3. The molecule has 3 amide bonds. The average molecular weight is 434 g/mol. The quantitative estimate of drug-likeness (QED) is 0.131. The SMILES string of the molecule is NC(CC(=O)O)C(=O)NC(CC(=O)O)C(=O)NC(CCC(=O)O)C(=O)NCC(=O)O. The summed E-state index contributed by atoms with van der Waals surface area (Å²) < 4.78 is 0. The normalized spacial score (nSPS) is 13.2.